The van der Waals surface area contributed by atoms with Crippen LogP contribution in [0.2, 0.25) is 0 Å². The number of alkyl halides is 1. The van der Waals surface area contributed by atoms with Gasteiger partial charge in [-0.2, -0.15) is 0 Å². The molecule has 4 N–H and O–H groups in total. The minimum absolute atomic E-state index is 0.136. The third-order valence-corrected chi connectivity index (χ3v) is 4.33. The van der Waals surface area contributed by atoms with E-state index in [0.29, 0.717) is 17.9 Å². The molecule has 6 heteroatoms. The molecule has 0 aliphatic rings. The first kappa shape index (κ1) is 22.4. The lowest BCUT2D eigenvalue weighted by molar-refractivity contribution is -0.114. The van der Waals surface area contributed by atoms with E-state index in [1.54, 1.807) is 6.92 Å². The zero-order chi connectivity index (χ0) is 19.7. The average Bonchev–Trinajstić information content (AvgIpc) is 2.60. The Bertz CT molecular complexity index is 642. The van der Waals surface area contributed by atoms with E-state index < -0.39 is 5.91 Å². The highest BCUT2D eigenvalue weighted by atomic mass is 79.9. The molecule has 1 aromatic rings. The fourth-order valence-electron chi connectivity index (χ4n) is 2.48. The topological polar surface area (TPSA) is 84.6 Å². The second-order valence-electron chi connectivity index (χ2n) is 6.33. The van der Waals surface area contributed by atoms with E-state index in [1.807, 2.05) is 57.2 Å². The molecule has 0 radical (unpaired) electrons. The third kappa shape index (κ3) is 7.32. The molecule has 5 nitrogen and oxygen atoms in total. The quantitative estimate of drug-likeness (QED) is 0.306. The van der Waals surface area contributed by atoms with Gasteiger partial charge in [0.05, 0.1) is 25.4 Å². The van der Waals surface area contributed by atoms with Crippen LogP contribution in [0.4, 0.5) is 0 Å². The minimum Gasteiger partial charge on any atom is -0.394 e. The molecule has 0 saturated heterocycles. The number of amides is 1. The number of allylic oxidation sites excluding steroid dienone is 2. The van der Waals surface area contributed by atoms with Gasteiger partial charge in [0.1, 0.15) is 0 Å². The van der Waals surface area contributed by atoms with E-state index in [-0.39, 0.29) is 23.6 Å². The molecule has 1 unspecified atom stereocenters. The van der Waals surface area contributed by atoms with Crippen LogP contribution in [-0.4, -0.2) is 34.6 Å². The number of aliphatic hydroxyl groups is 1. The van der Waals surface area contributed by atoms with Gasteiger partial charge in [-0.05, 0) is 38.8 Å². The molecule has 0 heterocycles. The van der Waals surface area contributed by atoms with Crippen LogP contribution in [0.15, 0.2) is 53.3 Å². The SMILES string of the molecule is C/C(C(N)=O)=C(N[C@H](CO)[C@@H](C)OCc1ccccc1)\C(C)=C\C(C)Br. The van der Waals surface area contributed by atoms with Crippen molar-refractivity contribution in [1.29, 1.82) is 0 Å². The van der Waals surface area contributed by atoms with Crippen LogP contribution in [0.3, 0.4) is 0 Å². The number of carbonyl (C=O) groups excluding carboxylic acids is 1. The van der Waals surface area contributed by atoms with Gasteiger partial charge in [-0.1, -0.05) is 52.3 Å². The first-order chi connectivity index (χ1) is 12.3. The summed E-state index contributed by atoms with van der Waals surface area (Å²) in [5, 5.41) is 13.1. The predicted octanol–water partition coefficient (Wildman–Crippen LogP) is 3.03. The van der Waals surface area contributed by atoms with Crippen molar-refractivity contribution < 1.29 is 14.6 Å². The number of nitrogens with one attached hydrogen (secondary N) is 1. The van der Waals surface area contributed by atoms with Gasteiger partial charge in [-0.25, -0.2) is 0 Å². The van der Waals surface area contributed by atoms with E-state index in [0.717, 1.165) is 11.1 Å². The zero-order valence-corrected chi connectivity index (χ0v) is 17.4. The lowest BCUT2D eigenvalue weighted by Gasteiger charge is -2.27. The number of hydrogen-bond acceptors (Lipinski definition) is 4. The lowest BCUT2D eigenvalue weighted by Crippen LogP contribution is -2.43. The van der Waals surface area contributed by atoms with Gasteiger partial charge in [-0.15, -0.1) is 0 Å². The maximum atomic E-state index is 11.7. The van der Waals surface area contributed by atoms with Gasteiger partial charge in [-0.3, -0.25) is 4.79 Å². The molecule has 26 heavy (non-hydrogen) atoms. The molecule has 0 aromatic heterocycles. The Kier molecular flexibility index (Phi) is 9.62. The molecular formula is C20H29BrN2O3. The summed E-state index contributed by atoms with van der Waals surface area (Å²) in [4.78, 5) is 11.8. The molecule has 0 fully saturated rings. The molecule has 0 spiro atoms. The number of primary amides is 1. The molecule has 0 bridgehead atoms. The molecule has 1 aromatic carbocycles. The number of aliphatic hydroxyl groups excluding tert-OH is 1. The fourth-order valence-corrected chi connectivity index (χ4v) is 2.88. The summed E-state index contributed by atoms with van der Waals surface area (Å²) in [5.41, 5.74) is 8.44. The third-order valence-electron chi connectivity index (χ3n) is 4.07. The van der Waals surface area contributed by atoms with Crippen molar-refractivity contribution in [2.45, 2.75) is 51.3 Å². The van der Waals surface area contributed by atoms with Crippen LogP contribution < -0.4 is 11.1 Å². The number of benzene rings is 1. The van der Waals surface area contributed by atoms with Gasteiger partial charge in [0.2, 0.25) is 5.91 Å². The van der Waals surface area contributed by atoms with Gasteiger partial charge in [0, 0.05) is 16.1 Å². The smallest absolute Gasteiger partial charge is 0.246 e. The molecule has 0 saturated carbocycles. The van der Waals surface area contributed by atoms with Crippen LogP contribution in [0.25, 0.3) is 0 Å². The molecule has 1 rings (SSSR count). The molecule has 0 aliphatic heterocycles. The summed E-state index contributed by atoms with van der Waals surface area (Å²) in [6, 6.07) is 9.46. The summed E-state index contributed by atoms with van der Waals surface area (Å²) >= 11 is 3.48. The van der Waals surface area contributed by atoms with Gasteiger partial charge in [0.15, 0.2) is 0 Å². The van der Waals surface area contributed by atoms with Crippen molar-refractivity contribution in [2.24, 2.45) is 5.73 Å². The first-order valence-corrected chi connectivity index (χ1v) is 9.54. The predicted molar refractivity (Wildman–Crippen MR) is 109 cm³/mol. The number of nitrogens with two attached hydrogens (primary N) is 1. The monoisotopic (exact) mass is 424 g/mol. The molecule has 3 atom stereocenters. The van der Waals surface area contributed by atoms with Crippen molar-refractivity contribution >= 4 is 21.8 Å². The average molecular weight is 425 g/mol. The van der Waals surface area contributed by atoms with E-state index >= 15 is 0 Å². The van der Waals surface area contributed by atoms with Crippen LogP contribution >= 0.6 is 15.9 Å². The largest absolute Gasteiger partial charge is 0.394 e. The zero-order valence-electron chi connectivity index (χ0n) is 15.8. The Morgan fingerprint density at radius 1 is 1.31 bits per heavy atom. The maximum Gasteiger partial charge on any atom is 0.246 e. The van der Waals surface area contributed by atoms with Crippen molar-refractivity contribution in [3.05, 3.63) is 58.8 Å². The fraction of sp³-hybridized carbons (Fsp3) is 0.450. The standard InChI is InChI=1S/C20H29BrN2O3/c1-13(10-14(2)21)19(15(3)20(22)25)23-18(11-24)16(4)26-12-17-8-6-5-7-9-17/h5-10,14,16,18,23-24H,11-12H2,1-4H3,(H2,22,25)/b13-10+,19-15-/t14?,16-,18-/m1/s1. The van der Waals surface area contributed by atoms with E-state index in [9.17, 15) is 9.90 Å². The Balaban J connectivity index is 2.91. The summed E-state index contributed by atoms with van der Waals surface area (Å²) in [6.45, 7) is 7.75. The number of ether oxygens (including phenoxy) is 1. The van der Waals surface area contributed by atoms with Gasteiger partial charge >= 0.3 is 0 Å². The Labute approximate surface area is 164 Å². The van der Waals surface area contributed by atoms with Crippen molar-refractivity contribution in [3.63, 3.8) is 0 Å². The normalized spacial score (nSPS) is 16.5. The minimum atomic E-state index is -0.503. The van der Waals surface area contributed by atoms with Crippen molar-refractivity contribution in [3.8, 4) is 0 Å². The second kappa shape index (κ2) is 11.2. The van der Waals surface area contributed by atoms with Crippen LogP contribution in [0.5, 0.6) is 0 Å². The number of carbonyl (C=O) groups is 1. The van der Waals surface area contributed by atoms with Crippen molar-refractivity contribution in [1.82, 2.24) is 5.32 Å². The molecule has 1 amide bonds. The van der Waals surface area contributed by atoms with E-state index in [4.69, 9.17) is 10.5 Å². The highest BCUT2D eigenvalue weighted by molar-refractivity contribution is 9.09. The highest BCUT2D eigenvalue weighted by Gasteiger charge is 2.21. The number of rotatable bonds is 10. The highest BCUT2D eigenvalue weighted by Crippen LogP contribution is 2.17. The first-order valence-electron chi connectivity index (χ1n) is 8.62. The second-order valence-corrected chi connectivity index (χ2v) is 7.77. The van der Waals surface area contributed by atoms with Gasteiger partial charge < -0.3 is 20.9 Å². The Hall–Kier alpha value is -1.63. The summed E-state index contributed by atoms with van der Waals surface area (Å²) in [7, 11) is 0. The Morgan fingerprint density at radius 2 is 1.92 bits per heavy atom. The molecular weight excluding hydrogens is 396 g/mol. The van der Waals surface area contributed by atoms with Crippen LogP contribution in [0.1, 0.15) is 33.3 Å². The van der Waals surface area contributed by atoms with Crippen molar-refractivity contribution in [2.75, 3.05) is 6.61 Å². The molecule has 144 valence electrons. The summed E-state index contributed by atoms with van der Waals surface area (Å²) < 4.78 is 5.89. The summed E-state index contributed by atoms with van der Waals surface area (Å²) in [5.74, 6) is -0.503. The maximum absolute atomic E-state index is 11.7. The van der Waals surface area contributed by atoms with E-state index in [1.165, 1.54) is 0 Å². The van der Waals surface area contributed by atoms with Crippen LogP contribution in [0, 0.1) is 0 Å². The Morgan fingerprint density at radius 3 is 2.42 bits per heavy atom. The van der Waals surface area contributed by atoms with Gasteiger partial charge in [0.25, 0.3) is 0 Å². The van der Waals surface area contributed by atoms with E-state index in [2.05, 4.69) is 21.2 Å². The number of halogens is 1. The lowest BCUT2D eigenvalue weighted by atomic mass is 10.0. The molecule has 0 aliphatic carbocycles. The number of hydrogen-bond donors (Lipinski definition) is 3. The van der Waals surface area contributed by atoms with Crippen LogP contribution in [-0.2, 0) is 16.1 Å². The summed E-state index contributed by atoms with van der Waals surface area (Å²) in [6.07, 6.45) is 1.70.